The van der Waals surface area contributed by atoms with Crippen molar-refractivity contribution >= 4 is 30.6 Å². The van der Waals surface area contributed by atoms with Crippen molar-refractivity contribution in [1.29, 1.82) is 0 Å². The zero-order valence-electron chi connectivity index (χ0n) is 27.5. The second-order valence-electron chi connectivity index (χ2n) is 12.1. The first kappa shape index (κ1) is 35.4. The van der Waals surface area contributed by atoms with Crippen LogP contribution in [0.3, 0.4) is 0 Å². The molecule has 2 aliphatic rings. The zero-order valence-corrected chi connectivity index (χ0v) is 28.4. The van der Waals surface area contributed by atoms with Gasteiger partial charge in [-0.1, -0.05) is 62.4 Å². The number of hydrogen-bond donors (Lipinski definition) is 1. The molecule has 0 atom stereocenters. The fraction of sp³-hybridized carbons (Fsp3) is 0.333. The molecule has 2 N–H and O–H groups in total. The Kier molecular flexibility index (Phi) is 9.45. The number of nitrogens with zero attached hydrogens (tertiary/aromatic N) is 2. The minimum absolute atomic E-state index is 0.433. The van der Waals surface area contributed by atoms with Crippen molar-refractivity contribution in [3.63, 3.8) is 0 Å². The van der Waals surface area contributed by atoms with Crippen LogP contribution in [0.1, 0.15) is 55.4 Å². The summed E-state index contributed by atoms with van der Waals surface area (Å²) >= 11 is 0. The number of hydrogen-bond acceptors (Lipinski definition) is 4. The predicted molar refractivity (Wildman–Crippen MR) is 182 cm³/mol. The molecule has 0 bridgehead atoms. The molecule has 6 rings (SSSR count). The second-order valence-corrected chi connectivity index (χ2v) is 14.0. The van der Waals surface area contributed by atoms with E-state index in [1.165, 1.54) is 45.0 Å². The number of ether oxygens (including phenoxy) is 2. The number of anilines is 4. The van der Waals surface area contributed by atoms with Crippen molar-refractivity contribution < 1.29 is 40.0 Å². The summed E-state index contributed by atoms with van der Waals surface area (Å²) in [6.45, 7) is 8.32. The quantitative estimate of drug-likeness (QED) is 0.0965. The van der Waals surface area contributed by atoms with Gasteiger partial charge in [0.25, 0.3) is 0 Å². The van der Waals surface area contributed by atoms with Crippen LogP contribution in [0.25, 0.3) is 0 Å². The average Bonchev–Trinajstić information content (AvgIpc) is 3.04. The first-order valence-electron chi connectivity index (χ1n) is 16.1. The predicted octanol–water partition coefficient (Wildman–Crippen LogP) is 10.3. The van der Waals surface area contributed by atoms with Gasteiger partial charge in [0, 0.05) is 64.5 Å². The third-order valence-corrected chi connectivity index (χ3v) is 8.75. The number of rotatable bonds is 11. The van der Waals surface area contributed by atoms with E-state index >= 15 is 0 Å². The summed E-state index contributed by atoms with van der Waals surface area (Å²) in [4.78, 5) is 5.04. The van der Waals surface area contributed by atoms with E-state index in [2.05, 4.69) is 114 Å². The summed E-state index contributed by atoms with van der Waals surface area (Å²) in [7, 11) is -7.03. The molecule has 5 nitrogen and oxygen atoms in total. The monoisotopic (exact) mass is 693 g/mol. The van der Waals surface area contributed by atoms with E-state index in [1.54, 1.807) is 0 Å². The van der Waals surface area contributed by atoms with E-state index in [1.807, 2.05) is 14.2 Å². The van der Waals surface area contributed by atoms with E-state index < -0.39 is 13.2 Å². The zero-order chi connectivity index (χ0) is 34.8. The molecular weight excluding hydrogens is 651 g/mol. The van der Waals surface area contributed by atoms with Crippen molar-refractivity contribution in [2.24, 2.45) is 0 Å². The molecule has 0 saturated heterocycles. The summed E-state index contributed by atoms with van der Waals surface area (Å²) in [5, 5.41) is 2.45. The average molecular weight is 694 g/mol. The molecule has 0 aromatic heterocycles. The van der Waals surface area contributed by atoms with E-state index in [-0.39, 0.29) is 0 Å². The first-order valence-corrected chi connectivity index (χ1v) is 18.1. The molecule has 260 valence electrons. The fourth-order valence-electron chi connectivity index (χ4n) is 7.24. The van der Waals surface area contributed by atoms with Crippen molar-refractivity contribution in [1.82, 2.24) is 0 Å². The number of quaternary nitrogens is 1. The molecule has 4 aromatic carbocycles. The van der Waals surface area contributed by atoms with Crippen LogP contribution in [0, 0.1) is 0 Å². The van der Waals surface area contributed by atoms with Gasteiger partial charge in [-0.15, -0.1) is 0 Å². The Morgan fingerprint density at radius 1 is 0.604 bits per heavy atom. The van der Waals surface area contributed by atoms with Gasteiger partial charge in [0.1, 0.15) is 18.0 Å². The molecule has 0 aliphatic carbocycles. The summed E-state index contributed by atoms with van der Waals surface area (Å²) in [6.07, 6.45) is 3.03. The number of benzene rings is 4. The van der Waals surface area contributed by atoms with Gasteiger partial charge in [-0.25, -0.2) is 0 Å². The maximum absolute atomic E-state index is 10.7. The molecule has 2 aliphatic heterocycles. The Bertz CT molecular complexity index is 1660. The third-order valence-electron chi connectivity index (χ3n) is 8.75. The summed E-state index contributed by atoms with van der Waals surface area (Å²) < 4.78 is 71.6. The van der Waals surface area contributed by atoms with Gasteiger partial charge in [-0.3, -0.25) is 0 Å². The first-order chi connectivity index (χ1) is 22.6. The topological polar surface area (TPSA) is 41.6 Å². The van der Waals surface area contributed by atoms with Crippen molar-refractivity contribution in [3.05, 3.63) is 107 Å². The van der Waals surface area contributed by atoms with Gasteiger partial charge >= 0.3 is 33.0 Å². The van der Waals surface area contributed by atoms with Crippen molar-refractivity contribution in [2.45, 2.75) is 45.1 Å². The number of fused-ring (bicyclic) bond motifs is 4. The van der Waals surface area contributed by atoms with Gasteiger partial charge in [0.15, 0.2) is 0 Å². The Balaban J connectivity index is 0.000000582. The fourth-order valence-corrected chi connectivity index (χ4v) is 7.24. The van der Waals surface area contributed by atoms with Crippen LogP contribution in [0.15, 0.2) is 84.9 Å². The normalized spacial score (nSPS) is 15.5. The molecule has 0 amide bonds. The van der Waals surface area contributed by atoms with Crippen LogP contribution in [0.5, 0.6) is 11.5 Å². The Labute approximate surface area is 277 Å². The molecule has 0 saturated carbocycles. The van der Waals surface area contributed by atoms with Crippen LogP contribution in [-0.2, 0) is 12.0 Å². The molecule has 0 spiro atoms. The molecule has 0 fully saturated rings. The standard InChI is InChI=1S/C36H41N3O2.F6P/c1-5-23-38-27-15-10-16-28-33(27)36(34-29(38)17-11-19-31(34)40-3,21-22-37-25-26-13-8-7-9-14-26)35-30(39(28)24-6-2)18-12-20-32(35)41-4;1-7(2,3,4,5)6/h7-20,37H,5-6,21-25H2,1-4H3;/q;-1/p+1. The third kappa shape index (κ3) is 7.37. The van der Waals surface area contributed by atoms with Crippen LogP contribution >= 0.6 is 7.81 Å². The van der Waals surface area contributed by atoms with E-state index in [0.29, 0.717) is 0 Å². The van der Waals surface area contributed by atoms with Gasteiger partial charge in [-0.05, 0) is 49.2 Å². The van der Waals surface area contributed by atoms with E-state index in [9.17, 15) is 25.2 Å². The number of halogens is 6. The molecule has 0 unspecified atom stereocenters. The number of methoxy groups -OCH3 is 2. The minimum atomic E-state index is -10.7. The van der Waals surface area contributed by atoms with Crippen molar-refractivity contribution in [3.8, 4) is 11.5 Å². The van der Waals surface area contributed by atoms with Crippen molar-refractivity contribution in [2.75, 3.05) is 43.7 Å². The molecule has 2 heterocycles. The van der Waals surface area contributed by atoms with Gasteiger partial charge in [0.05, 0.1) is 26.2 Å². The maximum atomic E-state index is 9.87. The molecule has 48 heavy (non-hydrogen) atoms. The van der Waals surface area contributed by atoms with E-state index in [4.69, 9.17) is 9.47 Å². The van der Waals surface area contributed by atoms with Gasteiger partial charge < -0.3 is 24.6 Å². The van der Waals surface area contributed by atoms with Crippen LogP contribution in [0.4, 0.5) is 47.9 Å². The Hall–Kier alpha value is -3.95. The van der Waals surface area contributed by atoms with Gasteiger partial charge in [-0.2, -0.15) is 0 Å². The van der Waals surface area contributed by atoms with Crippen LogP contribution < -0.4 is 24.6 Å². The molecule has 12 heteroatoms. The Morgan fingerprint density at radius 3 is 1.44 bits per heavy atom. The second kappa shape index (κ2) is 12.8. The van der Waals surface area contributed by atoms with Crippen LogP contribution in [-0.4, -0.2) is 33.9 Å². The summed E-state index contributed by atoms with van der Waals surface area (Å²) in [5.74, 6) is 1.88. The molecular formula is C36H42F6N3O2P. The Morgan fingerprint density at radius 2 is 1.02 bits per heavy atom. The van der Waals surface area contributed by atoms with Gasteiger partial charge in [0.2, 0.25) is 0 Å². The molecule has 0 radical (unpaired) electrons. The number of nitrogens with two attached hydrogens (primary N) is 1. The summed E-state index contributed by atoms with van der Waals surface area (Å²) in [5.41, 5.74) is 9.87. The molecule has 4 aromatic rings. The van der Waals surface area contributed by atoms with E-state index in [0.717, 1.165) is 56.9 Å². The van der Waals surface area contributed by atoms with Crippen LogP contribution in [0.2, 0.25) is 0 Å². The summed E-state index contributed by atoms with van der Waals surface area (Å²) in [6, 6.07) is 30.8. The SMILES string of the molecule is CCCN1c2cccc(OC)c2C2(CC[NH2+]Cc3ccccc3)c3c(OC)cccc3N(CCC)c3cccc1c32.F[P-](F)(F)(F)(F)F.